The highest BCUT2D eigenvalue weighted by Crippen LogP contribution is 2.23. The van der Waals surface area contributed by atoms with Crippen molar-refractivity contribution in [1.82, 2.24) is 9.88 Å². The maximum absolute atomic E-state index is 13.0. The molecule has 5 nitrogen and oxygen atoms in total. The molecule has 28 heavy (non-hydrogen) atoms. The predicted molar refractivity (Wildman–Crippen MR) is 113 cm³/mol. The van der Waals surface area contributed by atoms with Gasteiger partial charge in [-0.25, -0.2) is 0 Å². The number of hydrogen-bond donors (Lipinski definition) is 1. The van der Waals surface area contributed by atoms with Crippen LogP contribution in [0.1, 0.15) is 21.5 Å². The SMILES string of the molecule is CN(C)c1ccc(Nc2cncc(C(=O)N3CCc4ccccc4C3)c2)cc1. The van der Waals surface area contributed by atoms with Gasteiger partial charge < -0.3 is 15.1 Å². The maximum Gasteiger partial charge on any atom is 0.255 e. The number of benzene rings is 2. The average molecular weight is 372 g/mol. The van der Waals surface area contributed by atoms with Gasteiger partial charge in [0.1, 0.15) is 0 Å². The third kappa shape index (κ3) is 3.83. The monoisotopic (exact) mass is 372 g/mol. The van der Waals surface area contributed by atoms with Gasteiger partial charge in [-0.15, -0.1) is 0 Å². The second-order valence-electron chi connectivity index (χ2n) is 7.27. The highest BCUT2D eigenvalue weighted by molar-refractivity contribution is 5.95. The summed E-state index contributed by atoms with van der Waals surface area (Å²) in [5, 5.41) is 3.33. The van der Waals surface area contributed by atoms with E-state index in [2.05, 4.69) is 45.5 Å². The third-order valence-corrected chi connectivity index (χ3v) is 5.08. The Balaban J connectivity index is 1.48. The highest BCUT2D eigenvalue weighted by atomic mass is 16.2. The lowest BCUT2D eigenvalue weighted by Gasteiger charge is -2.29. The number of carbonyl (C=O) groups is 1. The Morgan fingerprint density at radius 3 is 2.50 bits per heavy atom. The number of hydrogen-bond acceptors (Lipinski definition) is 4. The van der Waals surface area contributed by atoms with Crippen molar-refractivity contribution >= 4 is 23.0 Å². The van der Waals surface area contributed by atoms with Crippen LogP contribution in [0.25, 0.3) is 0 Å². The Kier molecular flexibility index (Phi) is 4.98. The van der Waals surface area contributed by atoms with E-state index in [4.69, 9.17) is 0 Å². The zero-order valence-corrected chi connectivity index (χ0v) is 16.2. The molecule has 0 bridgehead atoms. The molecule has 0 unspecified atom stereocenters. The van der Waals surface area contributed by atoms with Gasteiger partial charge in [0.2, 0.25) is 0 Å². The first-order valence-electron chi connectivity index (χ1n) is 9.46. The number of pyridine rings is 1. The van der Waals surface area contributed by atoms with Gasteiger partial charge in [0.25, 0.3) is 5.91 Å². The van der Waals surface area contributed by atoms with Crippen LogP contribution in [-0.4, -0.2) is 36.4 Å². The topological polar surface area (TPSA) is 48.5 Å². The van der Waals surface area contributed by atoms with Gasteiger partial charge in [0.15, 0.2) is 0 Å². The Morgan fingerprint density at radius 2 is 1.75 bits per heavy atom. The first-order chi connectivity index (χ1) is 13.6. The zero-order chi connectivity index (χ0) is 19.5. The van der Waals surface area contributed by atoms with E-state index >= 15 is 0 Å². The van der Waals surface area contributed by atoms with Crippen molar-refractivity contribution < 1.29 is 4.79 Å². The Bertz CT molecular complexity index is 982. The first kappa shape index (κ1) is 18.0. The molecule has 0 saturated heterocycles. The van der Waals surface area contributed by atoms with Crippen LogP contribution in [0.2, 0.25) is 0 Å². The Hall–Kier alpha value is -3.34. The van der Waals surface area contributed by atoms with Crippen molar-refractivity contribution in [2.24, 2.45) is 0 Å². The Labute approximate surface area is 165 Å². The molecule has 0 spiro atoms. The largest absolute Gasteiger partial charge is 0.378 e. The lowest BCUT2D eigenvalue weighted by Crippen LogP contribution is -2.36. The molecular weight excluding hydrogens is 348 g/mol. The summed E-state index contributed by atoms with van der Waals surface area (Å²) in [6.07, 6.45) is 4.27. The van der Waals surface area contributed by atoms with Gasteiger partial charge >= 0.3 is 0 Å². The normalized spacial score (nSPS) is 13.0. The summed E-state index contributed by atoms with van der Waals surface area (Å²) in [7, 11) is 4.03. The molecule has 5 heteroatoms. The molecule has 1 amide bonds. The van der Waals surface area contributed by atoms with Gasteiger partial charge in [-0.3, -0.25) is 9.78 Å². The van der Waals surface area contributed by atoms with E-state index < -0.39 is 0 Å². The molecule has 0 atom stereocenters. The molecule has 0 radical (unpaired) electrons. The van der Waals surface area contributed by atoms with Crippen molar-refractivity contribution in [1.29, 1.82) is 0 Å². The van der Waals surface area contributed by atoms with E-state index in [0.717, 1.165) is 30.0 Å². The molecule has 2 aromatic carbocycles. The van der Waals surface area contributed by atoms with Crippen molar-refractivity contribution in [2.75, 3.05) is 30.9 Å². The average Bonchev–Trinajstić information content (AvgIpc) is 2.73. The lowest BCUT2D eigenvalue weighted by molar-refractivity contribution is 0.0734. The molecule has 142 valence electrons. The van der Waals surface area contributed by atoms with E-state index in [1.54, 1.807) is 12.4 Å². The minimum atomic E-state index is 0.0219. The molecule has 0 fully saturated rings. The molecule has 3 aromatic rings. The van der Waals surface area contributed by atoms with Gasteiger partial charge in [0.05, 0.1) is 17.4 Å². The maximum atomic E-state index is 13.0. The molecule has 2 heterocycles. The first-order valence-corrected chi connectivity index (χ1v) is 9.46. The van der Waals surface area contributed by atoms with Crippen LogP contribution < -0.4 is 10.2 Å². The van der Waals surface area contributed by atoms with Crippen LogP contribution in [0.15, 0.2) is 67.0 Å². The van der Waals surface area contributed by atoms with Crippen LogP contribution in [-0.2, 0) is 13.0 Å². The predicted octanol–water partition coefficient (Wildman–Crippen LogP) is 4.09. The summed E-state index contributed by atoms with van der Waals surface area (Å²) in [5.74, 6) is 0.0219. The van der Waals surface area contributed by atoms with Gasteiger partial charge in [0, 0.05) is 44.8 Å². The standard InChI is InChI=1S/C23H24N4O/c1-26(2)22-9-7-20(8-10-22)25-21-13-19(14-24-15-21)23(28)27-12-11-17-5-3-4-6-18(17)16-27/h3-10,13-15,25H,11-12,16H2,1-2H3. The summed E-state index contributed by atoms with van der Waals surface area (Å²) in [4.78, 5) is 21.2. The van der Waals surface area contributed by atoms with E-state index in [0.29, 0.717) is 12.1 Å². The zero-order valence-electron chi connectivity index (χ0n) is 16.2. The molecule has 1 N–H and O–H groups in total. The summed E-state index contributed by atoms with van der Waals surface area (Å²) >= 11 is 0. The van der Waals surface area contributed by atoms with E-state index in [1.807, 2.05) is 43.3 Å². The van der Waals surface area contributed by atoms with Crippen LogP contribution in [0.5, 0.6) is 0 Å². The van der Waals surface area contributed by atoms with Gasteiger partial charge in [-0.2, -0.15) is 0 Å². The van der Waals surface area contributed by atoms with Crippen LogP contribution >= 0.6 is 0 Å². The fourth-order valence-electron chi connectivity index (χ4n) is 3.49. The molecule has 1 aromatic heterocycles. The number of nitrogens with one attached hydrogen (secondary N) is 1. The van der Waals surface area contributed by atoms with Crippen LogP contribution in [0.3, 0.4) is 0 Å². The number of aromatic nitrogens is 1. The molecule has 0 saturated carbocycles. The van der Waals surface area contributed by atoms with E-state index in [-0.39, 0.29) is 5.91 Å². The number of fused-ring (bicyclic) bond motifs is 1. The lowest BCUT2D eigenvalue weighted by atomic mass is 9.99. The second-order valence-corrected chi connectivity index (χ2v) is 7.27. The van der Waals surface area contributed by atoms with Gasteiger partial charge in [-0.1, -0.05) is 24.3 Å². The fourth-order valence-corrected chi connectivity index (χ4v) is 3.49. The summed E-state index contributed by atoms with van der Waals surface area (Å²) in [6.45, 7) is 1.39. The second kappa shape index (κ2) is 7.72. The quantitative estimate of drug-likeness (QED) is 0.749. The van der Waals surface area contributed by atoms with Crippen molar-refractivity contribution in [3.05, 3.63) is 83.7 Å². The van der Waals surface area contributed by atoms with E-state index in [1.165, 1.54) is 11.1 Å². The summed E-state index contributed by atoms with van der Waals surface area (Å²) in [5.41, 5.74) is 6.07. The molecule has 4 rings (SSSR count). The smallest absolute Gasteiger partial charge is 0.255 e. The van der Waals surface area contributed by atoms with Crippen LogP contribution in [0, 0.1) is 0 Å². The number of amides is 1. The number of rotatable bonds is 4. The fraction of sp³-hybridized carbons (Fsp3) is 0.217. The van der Waals surface area contributed by atoms with E-state index in [9.17, 15) is 4.79 Å². The minimum absolute atomic E-state index is 0.0219. The molecular formula is C23H24N4O. The van der Waals surface area contributed by atoms with Crippen LogP contribution in [0.4, 0.5) is 17.1 Å². The minimum Gasteiger partial charge on any atom is -0.378 e. The molecule has 0 aliphatic carbocycles. The third-order valence-electron chi connectivity index (χ3n) is 5.08. The van der Waals surface area contributed by atoms with Crippen molar-refractivity contribution in [3.63, 3.8) is 0 Å². The van der Waals surface area contributed by atoms with Gasteiger partial charge in [-0.05, 0) is 47.9 Å². The molecule has 1 aliphatic rings. The summed E-state index contributed by atoms with van der Waals surface area (Å²) < 4.78 is 0. The van der Waals surface area contributed by atoms with Crippen molar-refractivity contribution in [2.45, 2.75) is 13.0 Å². The highest BCUT2D eigenvalue weighted by Gasteiger charge is 2.21. The van der Waals surface area contributed by atoms with Crippen molar-refractivity contribution in [3.8, 4) is 0 Å². The number of anilines is 3. The Morgan fingerprint density at radius 1 is 1.00 bits per heavy atom. The number of carbonyl (C=O) groups excluding carboxylic acids is 1. The number of nitrogens with zero attached hydrogens (tertiary/aromatic N) is 3. The molecule has 1 aliphatic heterocycles. The summed E-state index contributed by atoms with van der Waals surface area (Å²) in [6, 6.07) is 18.3.